The predicted octanol–water partition coefficient (Wildman–Crippen LogP) is 3.11. The molecule has 0 atom stereocenters. The van der Waals surface area contributed by atoms with Crippen molar-refractivity contribution in [3.05, 3.63) is 16.1 Å². The zero-order valence-corrected chi connectivity index (χ0v) is 11.4. The summed E-state index contributed by atoms with van der Waals surface area (Å²) in [6, 6.07) is 0. The van der Waals surface area contributed by atoms with Crippen LogP contribution in [-0.2, 0) is 14.9 Å². The third-order valence-corrected chi connectivity index (χ3v) is 3.59. The topological polar surface area (TPSA) is 39.2 Å². The average Bonchev–Trinajstić information content (AvgIpc) is 2.67. The number of carbonyl (C=O) groups is 1. The van der Waals surface area contributed by atoms with Crippen LogP contribution in [0.4, 0.5) is 0 Å². The quantitative estimate of drug-likeness (QED) is 0.760. The van der Waals surface area contributed by atoms with E-state index in [1.54, 1.807) is 11.3 Å². The Morgan fingerprint density at radius 1 is 1.56 bits per heavy atom. The lowest BCUT2D eigenvalue weighted by Crippen LogP contribution is -2.31. The van der Waals surface area contributed by atoms with Gasteiger partial charge < -0.3 is 4.74 Å². The first-order chi connectivity index (χ1) is 7.39. The van der Waals surface area contributed by atoms with Crippen LogP contribution in [0.3, 0.4) is 0 Å². The molecule has 0 aliphatic rings. The molecule has 1 heterocycles. The van der Waals surface area contributed by atoms with Crippen LogP contribution in [0.2, 0.25) is 0 Å². The summed E-state index contributed by atoms with van der Waals surface area (Å²) in [5.41, 5.74) is 0.152. The second kappa shape index (κ2) is 4.95. The van der Waals surface area contributed by atoms with Crippen molar-refractivity contribution in [2.45, 2.75) is 46.0 Å². The molecule has 1 aromatic rings. The van der Waals surface area contributed by atoms with Crippen molar-refractivity contribution < 1.29 is 9.53 Å². The molecule has 0 aromatic carbocycles. The molecular weight excluding hydrogens is 222 g/mol. The summed E-state index contributed by atoms with van der Waals surface area (Å²) in [6.45, 7) is 10.1. The maximum atomic E-state index is 11.8. The minimum absolute atomic E-state index is 0.212. The SMILES string of the molecule is CCOC(=O)C(C)(C)c1csc(C(C)C)n1. The normalized spacial score (nSPS) is 11.9. The van der Waals surface area contributed by atoms with E-state index in [0.717, 1.165) is 10.7 Å². The van der Waals surface area contributed by atoms with Crippen LogP contribution in [0.1, 0.15) is 51.2 Å². The lowest BCUT2D eigenvalue weighted by molar-refractivity contribution is -0.148. The number of esters is 1. The van der Waals surface area contributed by atoms with Gasteiger partial charge in [-0.1, -0.05) is 13.8 Å². The second-order valence-corrected chi connectivity index (χ2v) is 5.46. The van der Waals surface area contributed by atoms with Crippen molar-refractivity contribution in [2.24, 2.45) is 0 Å². The third-order valence-electron chi connectivity index (χ3n) is 2.44. The van der Waals surface area contributed by atoms with Crippen LogP contribution >= 0.6 is 11.3 Å². The molecule has 0 saturated carbocycles. The summed E-state index contributed by atoms with van der Waals surface area (Å²) in [7, 11) is 0. The highest BCUT2D eigenvalue weighted by Gasteiger charge is 2.33. The number of ether oxygens (including phenoxy) is 1. The van der Waals surface area contributed by atoms with Gasteiger partial charge in [-0.25, -0.2) is 4.98 Å². The number of rotatable bonds is 4. The van der Waals surface area contributed by atoms with Gasteiger partial charge in [0.25, 0.3) is 0 Å². The number of carbonyl (C=O) groups excluding carboxylic acids is 1. The molecule has 1 aromatic heterocycles. The van der Waals surface area contributed by atoms with E-state index in [0.29, 0.717) is 12.5 Å². The molecule has 0 unspecified atom stereocenters. The van der Waals surface area contributed by atoms with E-state index in [-0.39, 0.29) is 5.97 Å². The number of hydrogen-bond donors (Lipinski definition) is 0. The second-order valence-electron chi connectivity index (χ2n) is 4.57. The Hall–Kier alpha value is -0.900. The molecule has 0 bridgehead atoms. The van der Waals surface area contributed by atoms with Crippen molar-refractivity contribution in [2.75, 3.05) is 6.61 Å². The number of hydrogen-bond acceptors (Lipinski definition) is 4. The highest BCUT2D eigenvalue weighted by molar-refractivity contribution is 7.09. The Balaban J connectivity index is 2.93. The van der Waals surface area contributed by atoms with E-state index in [1.807, 2.05) is 26.2 Å². The van der Waals surface area contributed by atoms with Gasteiger partial charge in [-0.2, -0.15) is 0 Å². The van der Waals surface area contributed by atoms with Crippen LogP contribution in [0, 0.1) is 0 Å². The standard InChI is InChI=1S/C12H19NO2S/c1-6-15-11(14)12(4,5)9-7-16-10(13-9)8(2)3/h7-8H,6H2,1-5H3. The lowest BCUT2D eigenvalue weighted by atomic mass is 9.90. The van der Waals surface area contributed by atoms with Gasteiger partial charge in [-0.15, -0.1) is 11.3 Å². The summed E-state index contributed by atoms with van der Waals surface area (Å²) in [4.78, 5) is 16.3. The van der Waals surface area contributed by atoms with E-state index < -0.39 is 5.41 Å². The third kappa shape index (κ3) is 2.61. The molecule has 0 N–H and O–H groups in total. The number of aromatic nitrogens is 1. The van der Waals surface area contributed by atoms with Gasteiger partial charge in [0.05, 0.1) is 17.3 Å². The molecule has 0 fully saturated rings. The van der Waals surface area contributed by atoms with Crippen LogP contribution in [0.5, 0.6) is 0 Å². The smallest absolute Gasteiger partial charge is 0.317 e. The molecule has 0 saturated heterocycles. The minimum Gasteiger partial charge on any atom is -0.465 e. The fourth-order valence-electron chi connectivity index (χ4n) is 1.26. The van der Waals surface area contributed by atoms with Gasteiger partial charge in [0, 0.05) is 11.3 Å². The zero-order valence-electron chi connectivity index (χ0n) is 10.5. The van der Waals surface area contributed by atoms with E-state index in [9.17, 15) is 4.79 Å². The fourth-order valence-corrected chi connectivity index (χ4v) is 2.26. The van der Waals surface area contributed by atoms with Crippen molar-refractivity contribution in [1.82, 2.24) is 4.98 Å². The Morgan fingerprint density at radius 2 is 2.19 bits per heavy atom. The van der Waals surface area contributed by atoms with Crippen molar-refractivity contribution in [3.8, 4) is 0 Å². The molecule has 1 rings (SSSR count). The summed E-state index contributed by atoms with van der Waals surface area (Å²) in [5, 5.41) is 3.01. The number of nitrogens with zero attached hydrogens (tertiary/aromatic N) is 1. The molecule has 0 aliphatic carbocycles. The molecular formula is C12H19NO2S. The van der Waals surface area contributed by atoms with Crippen LogP contribution in [0.25, 0.3) is 0 Å². The largest absolute Gasteiger partial charge is 0.465 e. The van der Waals surface area contributed by atoms with E-state index in [2.05, 4.69) is 18.8 Å². The van der Waals surface area contributed by atoms with Crippen molar-refractivity contribution >= 4 is 17.3 Å². The van der Waals surface area contributed by atoms with Gasteiger partial charge in [0.1, 0.15) is 5.41 Å². The fraction of sp³-hybridized carbons (Fsp3) is 0.667. The summed E-state index contributed by atoms with van der Waals surface area (Å²) < 4.78 is 5.06. The molecule has 4 heteroatoms. The average molecular weight is 241 g/mol. The van der Waals surface area contributed by atoms with Gasteiger partial charge in [-0.3, -0.25) is 4.79 Å². The first-order valence-electron chi connectivity index (χ1n) is 5.52. The van der Waals surface area contributed by atoms with Crippen LogP contribution < -0.4 is 0 Å². The minimum atomic E-state index is -0.653. The molecule has 0 radical (unpaired) electrons. The molecule has 16 heavy (non-hydrogen) atoms. The van der Waals surface area contributed by atoms with E-state index >= 15 is 0 Å². The maximum Gasteiger partial charge on any atom is 0.317 e. The zero-order chi connectivity index (χ0) is 12.3. The Kier molecular flexibility index (Phi) is 4.08. The van der Waals surface area contributed by atoms with Crippen molar-refractivity contribution in [1.29, 1.82) is 0 Å². The summed E-state index contributed by atoms with van der Waals surface area (Å²) in [6.07, 6.45) is 0. The molecule has 0 amide bonds. The first kappa shape index (κ1) is 13.2. The van der Waals surface area contributed by atoms with Gasteiger partial charge in [-0.05, 0) is 20.8 Å². The maximum absolute atomic E-state index is 11.8. The molecule has 3 nitrogen and oxygen atoms in total. The van der Waals surface area contributed by atoms with Gasteiger partial charge >= 0.3 is 5.97 Å². The highest BCUT2D eigenvalue weighted by atomic mass is 32.1. The molecule has 0 spiro atoms. The summed E-state index contributed by atoms with van der Waals surface area (Å²) in [5.74, 6) is 0.187. The van der Waals surface area contributed by atoms with Crippen LogP contribution in [0.15, 0.2) is 5.38 Å². The van der Waals surface area contributed by atoms with Gasteiger partial charge in [0.2, 0.25) is 0 Å². The predicted molar refractivity (Wildman–Crippen MR) is 65.9 cm³/mol. The van der Waals surface area contributed by atoms with Crippen molar-refractivity contribution in [3.63, 3.8) is 0 Å². The molecule has 90 valence electrons. The van der Waals surface area contributed by atoms with E-state index in [4.69, 9.17) is 4.74 Å². The van der Waals surface area contributed by atoms with E-state index in [1.165, 1.54) is 0 Å². The molecule has 0 aliphatic heterocycles. The highest BCUT2D eigenvalue weighted by Crippen LogP contribution is 2.28. The Morgan fingerprint density at radius 3 is 2.62 bits per heavy atom. The Labute approximate surface area is 101 Å². The van der Waals surface area contributed by atoms with Gasteiger partial charge in [0.15, 0.2) is 0 Å². The Bertz CT molecular complexity index is 369. The summed E-state index contributed by atoms with van der Waals surface area (Å²) >= 11 is 1.60. The first-order valence-corrected chi connectivity index (χ1v) is 6.40. The lowest BCUT2D eigenvalue weighted by Gasteiger charge is -2.19. The monoisotopic (exact) mass is 241 g/mol. The van der Waals surface area contributed by atoms with Crippen LogP contribution in [-0.4, -0.2) is 17.6 Å². The number of thiazole rings is 1.